The van der Waals surface area contributed by atoms with Gasteiger partial charge in [0.1, 0.15) is 0 Å². The Kier molecular flexibility index (Phi) is 4.29. The zero-order valence-corrected chi connectivity index (χ0v) is 14.7. The molecule has 0 atom stereocenters. The van der Waals surface area contributed by atoms with Crippen molar-refractivity contribution < 1.29 is 0 Å². The van der Waals surface area contributed by atoms with Gasteiger partial charge in [-0.25, -0.2) is 0 Å². The first-order chi connectivity index (χ1) is 10.0. The average Bonchev–Trinajstić information content (AvgIpc) is 2.65. The van der Waals surface area contributed by atoms with Crippen molar-refractivity contribution in [3.63, 3.8) is 0 Å². The maximum absolute atomic E-state index is 6.06. The van der Waals surface area contributed by atoms with Gasteiger partial charge in [0.2, 0.25) is 0 Å². The van der Waals surface area contributed by atoms with E-state index in [1.54, 1.807) is 26.5 Å². The first-order valence-electron chi connectivity index (χ1n) is 8.54. The van der Waals surface area contributed by atoms with Crippen LogP contribution in [0.5, 0.6) is 0 Å². The maximum Gasteiger partial charge on any atom is 0.0337 e. The van der Waals surface area contributed by atoms with Crippen LogP contribution in [0.25, 0.3) is 5.57 Å². The van der Waals surface area contributed by atoms with Gasteiger partial charge >= 0.3 is 0 Å². The van der Waals surface area contributed by atoms with E-state index in [2.05, 4.69) is 32.1 Å². The lowest BCUT2D eigenvalue weighted by molar-refractivity contribution is 0.317. The fourth-order valence-corrected chi connectivity index (χ4v) is 5.44. The highest BCUT2D eigenvalue weighted by Gasteiger charge is 2.30. The zero-order valence-electron chi connectivity index (χ0n) is 13.8. The van der Waals surface area contributed by atoms with Crippen molar-refractivity contribution in [2.24, 2.45) is 11.1 Å². The molecule has 1 heterocycles. The van der Waals surface area contributed by atoms with Gasteiger partial charge in [-0.2, -0.15) is 0 Å². The maximum atomic E-state index is 6.06. The van der Waals surface area contributed by atoms with Gasteiger partial charge in [-0.05, 0) is 74.0 Å². The third-order valence-electron chi connectivity index (χ3n) is 5.39. The predicted molar refractivity (Wildman–Crippen MR) is 93.9 cm³/mol. The molecule has 0 saturated carbocycles. The van der Waals surface area contributed by atoms with Crippen molar-refractivity contribution in [3.8, 4) is 0 Å². The molecule has 116 valence electrons. The van der Waals surface area contributed by atoms with Gasteiger partial charge in [-0.1, -0.05) is 25.8 Å². The van der Waals surface area contributed by atoms with Crippen molar-refractivity contribution in [1.29, 1.82) is 0 Å². The van der Waals surface area contributed by atoms with E-state index < -0.39 is 0 Å². The normalized spacial score (nSPS) is 22.1. The van der Waals surface area contributed by atoms with Crippen LogP contribution in [0, 0.1) is 12.3 Å². The Morgan fingerprint density at radius 2 is 1.86 bits per heavy atom. The molecular weight excluding hydrogens is 274 g/mol. The second-order valence-corrected chi connectivity index (χ2v) is 8.75. The predicted octanol–water partition coefficient (Wildman–Crippen LogP) is 5.25. The summed E-state index contributed by atoms with van der Waals surface area (Å²) in [5.41, 5.74) is 12.9. The number of rotatable bonds is 2. The number of nitrogens with two attached hydrogens (primary N) is 1. The van der Waals surface area contributed by atoms with E-state index in [9.17, 15) is 0 Å². The van der Waals surface area contributed by atoms with Crippen LogP contribution in [0.3, 0.4) is 0 Å². The summed E-state index contributed by atoms with van der Waals surface area (Å²) in [4.78, 5) is 3.25. The van der Waals surface area contributed by atoms with E-state index in [1.807, 2.05) is 0 Å². The Balaban J connectivity index is 2.03. The second kappa shape index (κ2) is 5.89. The molecule has 0 bridgehead atoms. The molecule has 0 amide bonds. The summed E-state index contributed by atoms with van der Waals surface area (Å²) in [6.07, 6.45) is 10.4. The summed E-state index contributed by atoms with van der Waals surface area (Å²) in [5, 5.41) is 0. The highest BCUT2D eigenvalue weighted by molar-refractivity contribution is 7.13. The monoisotopic (exact) mass is 303 g/mol. The van der Waals surface area contributed by atoms with E-state index in [4.69, 9.17) is 5.73 Å². The van der Waals surface area contributed by atoms with Crippen molar-refractivity contribution in [2.75, 3.05) is 6.54 Å². The third kappa shape index (κ3) is 2.98. The number of fused-ring (bicyclic) bond motifs is 1. The molecule has 0 radical (unpaired) electrons. The van der Waals surface area contributed by atoms with E-state index in [0.717, 1.165) is 6.54 Å². The number of aryl methyl sites for hydroxylation is 1. The Morgan fingerprint density at radius 3 is 2.62 bits per heavy atom. The number of hydrogen-bond acceptors (Lipinski definition) is 2. The van der Waals surface area contributed by atoms with Gasteiger partial charge in [-0.15, -0.1) is 11.3 Å². The topological polar surface area (TPSA) is 26.0 Å². The largest absolute Gasteiger partial charge is 0.327 e. The van der Waals surface area contributed by atoms with Crippen LogP contribution in [-0.2, 0) is 12.8 Å². The number of allylic oxidation sites excluding steroid dienone is 1. The summed E-state index contributed by atoms with van der Waals surface area (Å²) in [6.45, 7) is 7.95. The first-order valence-corrected chi connectivity index (χ1v) is 9.36. The van der Waals surface area contributed by atoms with E-state index in [0.29, 0.717) is 5.41 Å². The lowest BCUT2D eigenvalue weighted by atomic mass is 9.76. The van der Waals surface area contributed by atoms with Gasteiger partial charge in [-0.3, -0.25) is 0 Å². The van der Waals surface area contributed by atoms with Crippen molar-refractivity contribution >= 4 is 16.9 Å². The van der Waals surface area contributed by atoms with Crippen molar-refractivity contribution in [2.45, 2.75) is 72.1 Å². The third-order valence-corrected chi connectivity index (χ3v) is 6.85. The number of hydrogen-bond donors (Lipinski definition) is 1. The van der Waals surface area contributed by atoms with E-state index >= 15 is 0 Å². The molecule has 0 fully saturated rings. The molecule has 1 aromatic heterocycles. The molecule has 2 N–H and O–H groups in total. The van der Waals surface area contributed by atoms with Crippen LogP contribution in [0.2, 0.25) is 0 Å². The molecule has 2 heteroatoms. The van der Waals surface area contributed by atoms with Crippen molar-refractivity contribution in [3.05, 3.63) is 26.5 Å². The second-order valence-electron chi connectivity index (χ2n) is 7.65. The summed E-state index contributed by atoms with van der Waals surface area (Å²) in [7, 11) is 0. The molecule has 2 aliphatic carbocycles. The van der Waals surface area contributed by atoms with Crippen LogP contribution >= 0.6 is 11.3 Å². The van der Waals surface area contributed by atoms with Gasteiger partial charge in [0, 0.05) is 16.3 Å². The summed E-state index contributed by atoms with van der Waals surface area (Å²) in [5.74, 6) is 0. The number of thiophene rings is 1. The molecular formula is C19H29NS. The Labute approximate surface area is 133 Å². The fraction of sp³-hybridized carbons (Fsp3) is 0.684. The smallest absolute Gasteiger partial charge is 0.0337 e. The van der Waals surface area contributed by atoms with Gasteiger partial charge in [0.25, 0.3) is 0 Å². The summed E-state index contributed by atoms with van der Waals surface area (Å²) in [6, 6.07) is 0. The van der Waals surface area contributed by atoms with Crippen molar-refractivity contribution in [1.82, 2.24) is 0 Å². The summed E-state index contributed by atoms with van der Waals surface area (Å²) < 4.78 is 0. The Bertz CT molecular complexity index is 562. The van der Waals surface area contributed by atoms with Crippen LogP contribution in [0.15, 0.2) is 5.57 Å². The van der Waals surface area contributed by atoms with Gasteiger partial charge in [0.05, 0.1) is 0 Å². The van der Waals surface area contributed by atoms with Gasteiger partial charge < -0.3 is 5.73 Å². The molecule has 21 heavy (non-hydrogen) atoms. The SMILES string of the molecule is Cc1c(C2=C(CN)CCCCC2)sc2c1CC(C)(C)CC2. The standard InChI is InChI=1S/C19H29NS/c1-13-16-11-19(2,3)10-9-17(16)21-18(13)15-8-6-4-5-7-14(15)12-20/h4-12,20H2,1-3H3. The quantitative estimate of drug-likeness (QED) is 0.793. The van der Waals surface area contributed by atoms with E-state index in [-0.39, 0.29) is 0 Å². The van der Waals surface area contributed by atoms with Crippen LogP contribution in [0.1, 0.15) is 73.3 Å². The lowest BCUT2D eigenvalue weighted by Crippen LogP contribution is -2.21. The lowest BCUT2D eigenvalue weighted by Gasteiger charge is -2.29. The minimum Gasteiger partial charge on any atom is -0.327 e. The molecule has 1 aromatic rings. The minimum absolute atomic E-state index is 0.477. The van der Waals surface area contributed by atoms with E-state index in [1.165, 1.54) is 56.9 Å². The van der Waals surface area contributed by atoms with Crippen LogP contribution in [-0.4, -0.2) is 6.54 Å². The molecule has 0 saturated heterocycles. The highest BCUT2D eigenvalue weighted by atomic mass is 32.1. The van der Waals surface area contributed by atoms with Crippen LogP contribution in [0.4, 0.5) is 0 Å². The molecule has 0 aromatic carbocycles. The molecule has 3 rings (SSSR count). The Morgan fingerprint density at radius 1 is 1.10 bits per heavy atom. The summed E-state index contributed by atoms with van der Waals surface area (Å²) >= 11 is 2.08. The molecule has 0 unspecified atom stereocenters. The molecule has 1 nitrogen and oxygen atoms in total. The average molecular weight is 304 g/mol. The zero-order chi connectivity index (χ0) is 15.0. The minimum atomic E-state index is 0.477. The molecule has 0 aliphatic heterocycles. The van der Waals surface area contributed by atoms with Crippen LogP contribution < -0.4 is 5.73 Å². The Hall–Kier alpha value is -0.600. The van der Waals surface area contributed by atoms with Gasteiger partial charge in [0.15, 0.2) is 0 Å². The first kappa shape index (κ1) is 15.3. The molecule has 0 spiro atoms. The fourth-order valence-electron chi connectivity index (χ4n) is 3.99. The highest BCUT2D eigenvalue weighted by Crippen LogP contribution is 2.45. The molecule has 2 aliphatic rings.